The van der Waals surface area contributed by atoms with Crippen LogP contribution in [0.3, 0.4) is 0 Å². The SMILES string of the molecule is O=[SH](=O)C(F)(F)F.[CH2]C.[O]C(CNC(=O)C(F)(F)F)C1CCO1. The molecule has 0 aromatic carbocycles. The Labute approximate surface area is 129 Å². The molecule has 2 unspecified atom stereocenters. The number of ether oxygens (including phenoxy) is 1. The van der Waals surface area contributed by atoms with Gasteiger partial charge in [-0.15, -0.1) is 0 Å². The van der Waals surface area contributed by atoms with E-state index in [0.717, 1.165) is 0 Å². The second kappa shape index (κ2) is 10.6. The standard InChI is InChI=1S/C7H9F3NO3.C2H5.CHF3O2S/c8-7(9,10)6(13)11-3-4(12)5-1-2-14-5;1-2;2-1(3,4)7(5)6/h4-5H,1-3H2,(H,11,13);1H2,2H3;7H. The van der Waals surface area contributed by atoms with Crippen molar-refractivity contribution in [3.8, 4) is 0 Å². The number of thiol groups is 1. The highest BCUT2D eigenvalue weighted by atomic mass is 32.2. The molecule has 0 saturated carbocycles. The second-order valence-corrected chi connectivity index (χ2v) is 4.69. The molecule has 0 aromatic heterocycles. The lowest BCUT2D eigenvalue weighted by atomic mass is 10.1. The zero-order valence-electron chi connectivity index (χ0n) is 11.7. The molecule has 138 valence electrons. The van der Waals surface area contributed by atoms with E-state index in [1.165, 1.54) is 5.32 Å². The van der Waals surface area contributed by atoms with Crippen molar-refractivity contribution in [1.82, 2.24) is 5.32 Å². The number of carbonyl (C=O) groups is 1. The molecule has 0 bridgehead atoms. The minimum Gasteiger partial charge on any atom is -0.375 e. The molecule has 1 N–H and O–H groups in total. The lowest BCUT2D eigenvalue weighted by Gasteiger charge is -2.29. The van der Waals surface area contributed by atoms with Crippen LogP contribution in [0.4, 0.5) is 26.3 Å². The van der Waals surface area contributed by atoms with E-state index in [9.17, 15) is 36.2 Å². The summed E-state index contributed by atoms with van der Waals surface area (Å²) in [6.07, 6.45) is -6.28. The summed E-state index contributed by atoms with van der Waals surface area (Å²) in [5.41, 5.74) is -5.05. The zero-order valence-corrected chi connectivity index (χ0v) is 12.6. The van der Waals surface area contributed by atoms with Crippen molar-refractivity contribution in [2.24, 2.45) is 0 Å². The molecule has 0 aromatic rings. The molecule has 1 amide bonds. The molecule has 13 heteroatoms. The Balaban J connectivity index is 0. The predicted molar refractivity (Wildman–Crippen MR) is 65.3 cm³/mol. The maximum atomic E-state index is 11.7. The van der Waals surface area contributed by atoms with Crippen LogP contribution in [0.1, 0.15) is 13.3 Å². The molecule has 1 rings (SSSR count). The van der Waals surface area contributed by atoms with E-state index >= 15 is 0 Å². The van der Waals surface area contributed by atoms with Crippen molar-refractivity contribution >= 4 is 16.6 Å². The van der Waals surface area contributed by atoms with Gasteiger partial charge in [-0.25, -0.2) is 13.5 Å². The molecule has 2 atom stereocenters. The van der Waals surface area contributed by atoms with Crippen LogP contribution < -0.4 is 5.32 Å². The Kier molecular flexibility index (Phi) is 11.2. The Morgan fingerprint density at radius 1 is 1.26 bits per heavy atom. The van der Waals surface area contributed by atoms with Crippen LogP contribution in [0.5, 0.6) is 0 Å². The molecule has 6 nitrogen and oxygen atoms in total. The Morgan fingerprint density at radius 2 is 1.65 bits per heavy atom. The van der Waals surface area contributed by atoms with E-state index in [1.54, 1.807) is 6.92 Å². The second-order valence-electron chi connectivity index (χ2n) is 3.67. The van der Waals surface area contributed by atoms with Crippen molar-refractivity contribution in [3.63, 3.8) is 0 Å². The number of nitrogens with one attached hydrogen (secondary N) is 1. The fourth-order valence-corrected chi connectivity index (χ4v) is 0.972. The molecule has 0 spiro atoms. The van der Waals surface area contributed by atoms with E-state index in [2.05, 4.69) is 6.92 Å². The van der Waals surface area contributed by atoms with Gasteiger partial charge in [-0.2, -0.15) is 26.3 Å². The summed E-state index contributed by atoms with van der Waals surface area (Å²) in [5.74, 6) is -2.09. The first-order valence-electron chi connectivity index (χ1n) is 5.90. The first-order chi connectivity index (χ1) is 10.4. The van der Waals surface area contributed by atoms with E-state index in [-0.39, 0.29) is 0 Å². The van der Waals surface area contributed by atoms with Crippen molar-refractivity contribution in [3.05, 3.63) is 6.92 Å². The quantitative estimate of drug-likeness (QED) is 0.573. The highest BCUT2D eigenvalue weighted by Crippen LogP contribution is 2.17. The Morgan fingerprint density at radius 3 is 1.87 bits per heavy atom. The van der Waals surface area contributed by atoms with Gasteiger partial charge >= 0.3 is 17.6 Å². The molecule has 1 aliphatic rings. The molecule has 0 aliphatic carbocycles. The van der Waals surface area contributed by atoms with Crippen LogP contribution in [0.15, 0.2) is 0 Å². The van der Waals surface area contributed by atoms with E-state index in [1.807, 2.05) is 0 Å². The van der Waals surface area contributed by atoms with Gasteiger partial charge in [0, 0.05) is 13.2 Å². The molecule has 1 fully saturated rings. The smallest absolute Gasteiger partial charge is 0.375 e. The molecular weight excluding hydrogens is 360 g/mol. The van der Waals surface area contributed by atoms with Gasteiger partial charge in [-0.3, -0.25) is 4.79 Å². The maximum absolute atomic E-state index is 11.7. The maximum Gasteiger partial charge on any atom is 0.494 e. The van der Waals surface area contributed by atoms with E-state index in [4.69, 9.17) is 13.2 Å². The van der Waals surface area contributed by atoms with Crippen LogP contribution in [-0.4, -0.2) is 51.4 Å². The van der Waals surface area contributed by atoms with Crippen molar-refractivity contribution in [2.45, 2.75) is 37.2 Å². The minimum absolute atomic E-state index is 0.455. The summed E-state index contributed by atoms with van der Waals surface area (Å²) in [4.78, 5) is 10.3. The summed E-state index contributed by atoms with van der Waals surface area (Å²) in [7, 11) is -4.24. The molecule has 1 aliphatic heterocycles. The van der Waals surface area contributed by atoms with Gasteiger partial charge in [0.1, 0.15) is 6.10 Å². The average Bonchev–Trinajstić information content (AvgIpc) is 2.34. The fraction of sp³-hybridized carbons (Fsp3) is 0.800. The third-order valence-corrected chi connectivity index (χ3v) is 2.49. The zero-order chi connectivity index (χ0) is 18.8. The molecule has 1 heterocycles. The lowest BCUT2D eigenvalue weighted by molar-refractivity contribution is -0.176. The molecular formula is C10H15F6NO5S. The van der Waals surface area contributed by atoms with Gasteiger partial charge in [0.25, 0.3) is 0 Å². The Bertz CT molecular complexity index is 411. The normalized spacial score (nSPS) is 18.6. The van der Waals surface area contributed by atoms with Gasteiger partial charge < -0.3 is 10.1 Å². The van der Waals surface area contributed by atoms with Crippen LogP contribution >= 0.6 is 0 Å². The number of hydrogen-bond donors (Lipinski definition) is 2. The predicted octanol–water partition coefficient (Wildman–Crippen LogP) is 1.21. The number of rotatable bonds is 3. The number of carbonyl (C=O) groups excluding carboxylic acids is 1. The van der Waals surface area contributed by atoms with Crippen LogP contribution in [-0.2, 0) is 25.3 Å². The molecule has 1 saturated heterocycles. The van der Waals surface area contributed by atoms with E-state index < -0.39 is 47.0 Å². The number of amides is 1. The summed E-state index contributed by atoms with van der Waals surface area (Å²) < 4.78 is 89.3. The summed E-state index contributed by atoms with van der Waals surface area (Å²) in [6.45, 7) is 4.90. The Hall–Kier alpha value is -1.08. The topological polar surface area (TPSA) is 92.4 Å². The minimum atomic E-state index is -5.05. The third-order valence-electron chi connectivity index (χ3n) is 2.08. The summed E-state index contributed by atoms with van der Waals surface area (Å²) >= 11 is 0. The molecule has 23 heavy (non-hydrogen) atoms. The van der Waals surface area contributed by atoms with Crippen LogP contribution in [0.25, 0.3) is 0 Å². The van der Waals surface area contributed by atoms with E-state index in [0.29, 0.717) is 13.0 Å². The first kappa shape index (κ1) is 24.2. The fourth-order valence-electron chi connectivity index (χ4n) is 0.972. The lowest BCUT2D eigenvalue weighted by Crippen LogP contribution is -2.47. The van der Waals surface area contributed by atoms with Crippen molar-refractivity contribution in [2.75, 3.05) is 13.2 Å². The summed E-state index contributed by atoms with van der Waals surface area (Å²) in [6, 6.07) is 0. The highest BCUT2D eigenvalue weighted by molar-refractivity contribution is 7.73. The highest BCUT2D eigenvalue weighted by Gasteiger charge is 2.39. The summed E-state index contributed by atoms with van der Waals surface area (Å²) in [5, 5.41) is 12.5. The van der Waals surface area contributed by atoms with Gasteiger partial charge in [-0.1, -0.05) is 13.8 Å². The monoisotopic (exact) mass is 375 g/mol. The van der Waals surface area contributed by atoms with Gasteiger partial charge in [0.15, 0.2) is 0 Å². The van der Waals surface area contributed by atoms with Gasteiger partial charge in [0.2, 0.25) is 10.7 Å². The first-order valence-corrected chi connectivity index (χ1v) is 7.07. The third kappa shape index (κ3) is 11.1. The van der Waals surface area contributed by atoms with Crippen LogP contribution in [0, 0.1) is 6.92 Å². The van der Waals surface area contributed by atoms with Crippen LogP contribution in [0.2, 0.25) is 0 Å². The average molecular weight is 375 g/mol. The van der Waals surface area contributed by atoms with Crippen molar-refractivity contribution in [1.29, 1.82) is 0 Å². The number of hydrogen-bond acceptors (Lipinski definition) is 4. The number of alkyl halides is 6. The van der Waals surface area contributed by atoms with Crippen molar-refractivity contribution < 1.29 is 49.4 Å². The van der Waals surface area contributed by atoms with Gasteiger partial charge in [0.05, 0.1) is 6.10 Å². The van der Waals surface area contributed by atoms with Gasteiger partial charge in [-0.05, 0) is 6.42 Å². The molecule has 2 radical (unpaired) electrons. The number of halogens is 6. The largest absolute Gasteiger partial charge is 0.494 e.